The minimum Gasteiger partial charge on any atom is -0.326 e. The van der Waals surface area contributed by atoms with Gasteiger partial charge in [-0.25, -0.2) is 0 Å². The number of benzene rings is 1. The number of nitrogens with one attached hydrogen (secondary N) is 2. The Morgan fingerprint density at radius 2 is 2.11 bits per heavy atom. The second kappa shape index (κ2) is 6.63. The number of anilines is 1. The Kier molecular flexibility index (Phi) is 4.60. The van der Waals surface area contributed by atoms with Gasteiger partial charge in [-0.15, -0.1) is 10.2 Å². The number of aryl methyl sites for hydroxylation is 1. The lowest BCUT2D eigenvalue weighted by molar-refractivity contribution is -0.115. The Hall–Kier alpha value is -2.24. The summed E-state index contributed by atoms with van der Waals surface area (Å²) in [4.78, 5) is 11.7. The van der Waals surface area contributed by atoms with Crippen molar-refractivity contribution in [2.45, 2.75) is 32.6 Å². The van der Waals surface area contributed by atoms with Gasteiger partial charge < -0.3 is 5.32 Å². The molecule has 19 heavy (non-hydrogen) atoms. The number of rotatable bonds is 6. The van der Waals surface area contributed by atoms with Crippen molar-refractivity contribution in [1.29, 1.82) is 0 Å². The van der Waals surface area contributed by atoms with Crippen LogP contribution in [0.5, 0.6) is 0 Å². The Morgan fingerprint density at radius 3 is 2.74 bits per heavy atom. The van der Waals surface area contributed by atoms with Crippen molar-refractivity contribution in [3.8, 4) is 0 Å². The van der Waals surface area contributed by atoms with Crippen LogP contribution >= 0.6 is 0 Å². The molecule has 2 rings (SSSR count). The lowest BCUT2D eigenvalue weighted by Gasteiger charge is -2.05. The molecule has 1 heterocycles. The average molecular weight is 259 g/mol. The molecule has 6 nitrogen and oxygen atoms in total. The lowest BCUT2D eigenvalue weighted by Crippen LogP contribution is -2.15. The standard InChI is InChI=1S/C13H17N5O/c1-2-3-4-10-5-7-11(8-6-10)14-13(19)9-12-15-17-18-16-12/h5-8H,2-4,9H2,1H3,(H,14,19)(H,15,16,17,18). The van der Waals surface area contributed by atoms with E-state index in [1.54, 1.807) is 0 Å². The first-order valence-corrected chi connectivity index (χ1v) is 6.39. The minimum absolute atomic E-state index is 0.119. The molecule has 0 saturated carbocycles. The highest BCUT2D eigenvalue weighted by atomic mass is 16.1. The van der Waals surface area contributed by atoms with Gasteiger partial charge in [0.2, 0.25) is 5.91 Å². The number of H-pyrrole nitrogens is 1. The second-order valence-electron chi connectivity index (χ2n) is 4.35. The van der Waals surface area contributed by atoms with Gasteiger partial charge in [-0.1, -0.05) is 30.7 Å². The summed E-state index contributed by atoms with van der Waals surface area (Å²) in [7, 11) is 0. The summed E-state index contributed by atoms with van der Waals surface area (Å²) in [6, 6.07) is 7.91. The van der Waals surface area contributed by atoms with Gasteiger partial charge in [0.05, 0.1) is 6.42 Å². The van der Waals surface area contributed by atoms with E-state index in [2.05, 4.69) is 32.9 Å². The summed E-state index contributed by atoms with van der Waals surface area (Å²) < 4.78 is 0. The highest BCUT2D eigenvalue weighted by Crippen LogP contribution is 2.12. The molecular formula is C13H17N5O. The van der Waals surface area contributed by atoms with Crippen LogP contribution in [0.4, 0.5) is 5.69 Å². The molecule has 0 aliphatic carbocycles. The SMILES string of the molecule is CCCCc1ccc(NC(=O)Cc2nn[nH]n2)cc1. The van der Waals surface area contributed by atoms with Crippen LogP contribution in [0.15, 0.2) is 24.3 Å². The van der Waals surface area contributed by atoms with Gasteiger partial charge in [0.25, 0.3) is 0 Å². The molecule has 2 aromatic rings. The number of carbonyl (C=O) groups excluding carboxylic acids is 1. The summed E-state index contributed by atoms with van der Waals surface area (Å²) in [5, 5.41) is 16.0. The molecule has 0 bridgehead atoms. The molecule has 1 aromatic carbocycles. The number of hydrogen-bond acceptors (Lipinski definition) is 4. The molecule has 0 radical (unpaired) electrons. The van der Waals surface area contributed by atoms with E-state index in [4.69, 9.17) is 0 Å². The van der Waals surface area contributed by atoms with E-state index in [1.807, 2.05) is 24.3 Å². The fraction of sp³-hybridized carbons (Fsp3) is 0.385. The fourth-order valence-corrected chi connectivity index (χ4v) is 1.74. The van der Waals surface area contributed by atoms with E-state index in [0.29, 0.717) is 5.82 Å². The Morgan fingerprint density at radius 1 is 1.32 bits per heavy atom. The first-order valence-electron chi connectivity index (χ1n) is 6.39. The molecule has 100 valence electrons. The molecule has 0 atom stereocenters. The molecule has 2 N–H and O–H groups in total. The number of nitrogens with zero attached hydrogens (tertiary/aromatic N) is 3. The van der Waals surface area contributed by atoms with Gasteiger partial charge in [-0.3, -0.25) is 4.79 Å². The average Bonchev–Trinajstić information content (AvgIpc) is 2.90. The predicted molar refractivity (Wildman–Crippen MR) is 71.6 cm³/mol. The zero-order valence-electron chi connectivity index (χ0n) is 10.9. The Bertz CT molecular complexity index is 506. The van der Waals surface area contributed by atoms with Gasteiger partial charge in [0.1, 0.15) is 0 Å². The number of unbranched alkanes of at least 4 members (excludes halogenated alkanes) is 1. The number of amides is 1. The summed E-state index contributed by atoms with van der Waals surface area (Å²) in [5.74, 6) is 0.236. The first-order chi connectivity index (χ1) is 9.28. The lowest BCUT2D eigenvalue weighted by atomic mass is 10.1. The molecule has 0 aliphatic heterocycles. The van der Waals surface area contributed by atoms with Crippen LogP contribution in [0.3, 0.4) is 0 Å². The summed E-state index contributed by atoms with van der Waals surface area (Å²) in [5.41, 5.74) is 2.08. The molecule has 0 saturated heterocycles. The van der Waals surface area contributed by atoms with Crippen LogP contribution in [0, 0.1) is 0 Å². The fourth-order valence-electron chi connectivity index (χ4n) is 1.74. The smallest absolute Gasteiger partial charge is 0.232 e. The van der Waals surface area contributed by atoms with Crippen LogP contribution in [-0.4, -0.2) is 26.5 Å². The number of tetrazole rings is 1. The maximum Gasteiger partial charge on any atom is 0.232 e. The van der Waals surface area contributed by atoms with Crippen molar-refractivity contribution in [2.24, 2.45) is 0 Å². The quantitative estimate of drug-likeness (QED) is 0.827. The normalized spacial score (nSPS) is 10.4. The van der Waals surface area contributed by atoms with Crippen LogP contribution in [-0.2, 0) is 17.6 Å². The van der Waals surface area contributed by atoms with Gasteiger partial charge in [-0.2, -0.15) is 5.21 Å². The zero-order valence-corrected chi connectivity index (χ0v) is 10.9. The molecule has 0 aliphatic rings. The number of carbonyl (C=O) groups is 1. The van der Waals surface area contributed by atoms with Gasteiger partial charge in [0.15, 0.2) is 5.82 Å². The van der Waals surface area contributed by atoms with Crippen molar-refractivity contribution >= 4 is 11.6 Å². The third-order valence-electron chi connectivity index (χ3n) is 2.76. The highest BCUT2D eigenvalue weighted by molar-refractivity contribution is 5.91. The number of hydrogen-bond donors (Lipinski definition) is 2. The molecule has 0 fully saturated rings. The van der Waals surface area contributed by atoms with E-state index in [0.717, 1.165) is 12.1 Å². The van der Waals surface area contributed by atoms with E-state index >= 15 is 0 Å². The summed E-state index contributed by atoms with van der Waals surface area (Å²) in [6.07, 6.45) is 3.56. The molecule has 6 heteroatoms. The first kappa shape index (κ1) is 13.2. The summed E-state index contributed by atoms with van der Waals surface area (Å²) in [6.45, 7) is 2.17. The Balaban J connectivity index is 1.86. The van der Waals surface area contributed by atoms with Crippen molar-refractivity contribution in [3.05, 3.63) is 35.7 Å². The predicted octanol–water partition coefficient (Wildman–Crippen LogP) is 1.72. The van der Waals surface area contributed by atoms with Crippen LogP contribution in [0.25, 0.3) is 0 Å². The van der Waals surface area contributed by atoms with Crippen molar-refractivity contribution in [3.63, 3.8) is 0 Å². The molecule has 0 unspecified atom stereocenters. The molecule has 1 amide bonds. The van der Waals surface area contributed by atoms with E-state index in [-0.39, 0.29) is 12.3 Å². The maximum atomic E-state index is 11.7. The van der Waals surface area contributed by atoms with Crippen molar-refractivity contribution in [1.82, 2.24) is 20.6 Å². The third kappa shape index (κ3) is 4.17. The third-order valence-corrected chi connectivity index (χ3v) is 2.76. The highest BCUT2D eigenvalue weighted by Gasteiger charge is 2.07. The van der Waals surface area contributed by atoms with Gasteiger partial charge in [-0.05, 0) is 30.5 Å². The van der Waals surface area contributed by atoms with Gasteiger partial charge in [0, 0.05) is 5.69 Å². The maximum absolute atomic E-state index is 11.7. The van der Waals surface area contributed by atoms with Crippen LogP contribution in [0.1, 0.15) is 31.2 Å². The van der Waals surface area contributed by atoms with Crippen LogP contribution in [0.2, 0.25) is 0 Å². The van der Waals surface area contributed by atoms with E-state index < -0.39 is 0 Å². The van der Waals surface area contributed by atoms with Crippen LogP contribution < -0.4 is 5.32 Å². The topological polar surface area (TPSA) is 83.6 Å². The number of aromatic amines is 1. The number of aromatic nitrogens is 4. The monoisotopic (exact) mass is 259 g/mol. The minimum atomic E-state index is -0.150. The van der Waals surface area contributed by atoms with E-state index in [1.165, 1.54) is 18.4 Å². The molecular weight excluding hydrogens is 242 g/mol. The van der Waals surface area contributed by atoms with Crippen molar-refractivity contribution in [2.75, 3.05) is 5.32 Å². The zero-order chi connectivity index (χ0) is 13.5. The van der Waals surface area contributed by atoms with Gasteiger partial charge >= 0.3 is 0 Å². The molecule has 0 spiro atoms. The molecule has 1 aromatic heterocycles. The van der Waals surface area contributed by atoms with Crippen molar-refractivity contribution < 1.29 is 4.79 Å². The largest absolute Gasteiger partial charge is 0.326 e. The summed E-state index contributed by atoms with van der Waals surface area (Å²) >= 11 is 0. The van der Waals surface area contributed by atoms with E-state index in [9.17, 15) is 4.79 Å². The Labute approximate surface area is 111 Å². The second-order valence-corrected chi connectivity index (χ2v) is 4.35.